The van der Waals surface area contributed by atoms with Gasteiger partial charge in [0.2, 0.25) is 0 Å². The molecular formula is C12H17N3O. The van der Waals surface area contributed by atoms with Crippen LogP contribution in [-0.4, -0.2) is 44.0 Å². The standard InChI is InChI=1S/C12H17N3O/c1-15(2)12(16)9-3-5-10(6-4-9)14-11-7-13-8-11/h3-6,11,13-14H,7-8H2,1-2H3. The van der Waals surface area contributed by atoms with Gasteiger partial charge in [-0.25, -0.2) is 0 Å². The highest BCUT2D eigenvalue weighted by atomic mass is 16.2. The fourth-order valence-electron chi connectivity index (χ4n) is 1.59. The molecule has 1 amide bonds. The van der Waals surface area contributed by atoms with Crippen LogP contribution in [0.4, 0.5) is 5.69 Å². The van der Waals surface area contributed by atoms with E-state index in [0.717, 1.165) is 24.3 Å². The van der Waals surface area contributed by atoms with Gasteiger partial charge in [-0.15, -0.1) is 0 Å². The second-order valence-corrected chi connectivity index (χ2v) is 4.28. The Bertz CT molecular complexity index is 368. The van der Waals surface area contributed by atoms with E-state index in [2.05, 4.69) is 10.6 Å². The number of benzene rings is 1. The monoisotopic (exact) mass is 219 g/mol. The molecule has 4 nitrogen and oxygen atoms in total. The number of hydrogen-bond donors (Lipinski definition) is 2. The lowest BCUT2D eigenvalue weighted by Gasteiger charge is -2.29. The highest BCUT2D eigenvalue weighted by molar-refractivity contribution is 5.94. The predicted octanol–water partition coefficient (Wildman–Crippen LogP) is 0.772. The number of carbonyl (C=O) groups is 1. The molecule has 0 spiro atoms. The lowest BCUT2D eigenvalue weighted by molar-refractivity contribution is 0.0827. The summed E-state index contributed by atoms with van der Waals surface area (Å²) in [6.45, 7) is 2.02. The third kappa shape index (κ3) is 2.33. The summed E-state index contributed by atoms with van der Waals surface area (Å²) in [4.78, 5) is 13.2. The van der Waals surface area contributed by atoms with Crippen LogP contribution in [0, 0.1) is 0 Å². The van der Waals surface area contributed by atoms with Gasteiger partial charge in [-0.05, 0) is 24.3 Å². The van der Waals surface area contributed by atoms with Gasteiger partial charge in [-0.3, -0.25) is 4.79 Å². The van der Waals surface area contributed by atoms with Crippen LogP contribution in [0.5, 0.6) is 0 Å². The van der Waals surface area contributed by atoms with E-state index in [4.69, 9.17) is 0 Å². The van der Waals surface area contributed by atoms with E-state index in [0.29, 0.717) is 6.04 Å². The number of hydrogen-bond acceptors (Lipinski definition) is 3. The quantitative estimate of drug-likeness (QED) is 0.789. The van der Waals surface area contributed by atoms with Crippen molar-refractivity contribution in [2.75, 3.05) is 32.5 Å². The molecule has 0 saturated carbocycles. The summed E-state index contributed by atoms with van der Waals surface area (Å²) < 4.78 is 0. The van der Waals surface area contributed by atoms with E-state index < -0.39 is 0 Å². The topological polar surface area (TPSA) is 44.4 Å². The Morgan fingerprint density at radius 1 is 1.31 bits per heavy atom. The van der Waals surface area contributed by atoms with Crippen LogP contribution in [0.3, 0.4) is 0 Å². The Morgan fingerprint density at radius 2 is 1.94 bits per heavy atom. The maximum Gasteiger partial charge on any atom is 0.253 e. The smallest absolute Gasteiger partial charge is 0.253 e. The van der Waals surface area contributed by atoms with Crippen LogP contribution in [0.15, 0.2) is 24.3 Å². The van der Waals surface area contributed by atoms with Gasteiger partial charge < -0.3 is 15.5 Å². The molecule has 86 valence electrons. The third-order valence-electron chi connectivity index (χ3n) is 2.69. The van der Waals surface area contributed by atoms with Crippen molar-refractivity contribution in [2.45, 2.75) is 6.04 Å². The van der Waals surface area contributed by atoms with E-state index in [1.54, 1.807) is 19.0 Å². The first-order valence-electron chi connectivity index (χ1n) is 5.46. The summed E-state index contributed by atoms with van der Waals surface area (Å²) in [6.07, 6.45) is 0. The van der Waals surface area contributed by atoms with Gasteiger partial charge in [0.25, 0.3) is 5.91 Å². The van der Waals surface area contributed by atoms with Gasteiger partial charge in [-0.2, -0.15) is 0 Å². The Hall–Kier alpha value is -1.55. The molecule has 0 atom stereocenters. The molecule has 1 heterocycles. The Kier molecular flexibility index (Phi) is 3.10. The van der Waals surface area contributed by atoms with Gasteiger partial charge in [0.1, 0.15) is 0 Å². The minimum atomic E-state index is 0.0388. The lowest BCUT2D eigenvalue weighted by Crippen LogP contribution is -2.51. The molecule has 1 fully saturated rings. The van der Waals surface area contributed by atoms with Crippen LogP contribution in [0.25, 0.3) is 0 Å². The molecule has 1 saturated heterocycles. The van der Waals surface area contributed by atoms with Crippen LogP contribution < -0.4 is 10.6 Å². The van der Waals surface area contributed by atoms with E-state index in [9.17, 15) is 4.79 Å². The first-order valence-corrected chi connectivity index (χ1v) is 5.46. The van der Waals surface area contributed by atoms with Crippen LogP contribution in [0.1, 0.15) is 10.4 Å². The molecule has 1 aromatic rings. The summed E-state index contributed by atoms with van der Waals surface area (Å²) in [5, 5.41) is 6.59. The largest absolute Gasteiger partial charge is 0.380 e. The molecular weight excluding hydrogens is 202 g/mol. The van der Waals surface area contributed by atoms with Crippen molar-refractivity contribution in [3.63, 3.8) is 0 Å². The maximum atomic E-state index is 11.6. The molecule has 0 aromatic heterocycles. The van der Waals surface area contributed by atoms with Crippen LogP contribution >= 0.6 is 0 Å². The third-order valence-corrected chi connectivity index (χ3v) is 2.69. The number of carbonyl (C=O) groups excluding carboxylic acids is 1. The molecule has 2 N–H and O–H groups in total. The van der Waals surface area contributed by atoms with Crippen molar-refractivity contribution in [3.05, 3.63) is 29.8 Å². The Balaban J connectivity index is 2.00. The summed E-state index contributed by atoms with van der Waals surface area (Å²) in [5.41, 5.74) is 1.80. The fourth-order valence-corrected chi connectivity index (χ4v) is 1.59. The van der Waals surface area contributed by atoms with Crippen LogP contribution in [-0.2, 0) is 0 Å². The predicted molar refractivity (Wildman–Crippen MR) is 64.7 cm³/mol. The van der Waals surface area contributed by atoms with Crippen molar-refractivity contribution >= 4 is 11.6 Å². The first kappa shape index (κ1) is 11.0. The maximum absolute atomic E-state index is 11.6. The van der Waals surface area contributed by atoms with Gasteiger partial charge in [0, 0.05) is 38.4 Å². The van der Waals surface area contributed by atoms with Gasteiger partial charge in [0.05, 0.1) is 6.04 Å². The number of anilines is 1. The zero-order valence-electron chi connectivity index (χ0n) is 9.66. The Morgan fingerprint density at radius 3 is 2.38 bits per heavy atom. The molecule has 16 heavy (non-hydrogen) atoms. The molecule has 1 aliphatic heterocycles. The van der Waals surface area contributed by atoms with E-state index in [-0.39, 0.29) is 5.91 Å². The molecule has 0 unspecified atom stereocenters. The zero-order valence-corrected chi connectivity index (χ0v) is 9.66. The fraction of sp³-hybridized carbons (Fsp3) is 0.417. The van der Waals surface area contributed by atoms with Crippen molar-refractivity contribution in [2.24, 2.45) is 0 Å². The zero-order chi connectivity index (χ0) is 11.5. The highest BCUT2D eigenvalue weighted by Crippen LogP contribution is 2.12. The molecule has 0 bridgehead atoms. The number of rotatable bonds is 3. The molecule has 2 rings (SSSR count). The molecule has 0 radical (unpaired) electrons. The van der Waals surface area contributed by atoms with Crippen molar-refractivity contribution in [1.82, 2.24) is 10.2 Å². The lowest BCUT2D eigenvalue weighted by atomic mass is 10.1. The van der Waals surface area contributed by atoms with E-state index >= 15 is 0 Å². The Labute approximate surface area is 95.6 Å². The van der Waals surface area contributed by atoms with Crippen LogP contribution in [0.2, 0.25) is 0 Å². The molecule has 1 aliphatic rings. The minimum absolute atomic E-state index is 0.0388. The first-order chi connectivity index (χ1) is 7.66. The van der Waals surface area contributed by atoms with Crippen molar-refractivity contribution in [3.8, 4) is 0 Å². The summed E-state index contributed by atoms with van der Waals surface area (Å²) >= 11 is 0. The summed E-state index contributed by atoms with van der Waals surface area (Å²) in [6, 6.07) is 8.15. The number of nitrogens with one attached hydrogen (secondary N) is 2. The van der Waals surface area contributed by atoms with E-state index in [1.165, 1.54) is 0 Å². The highest BCUT2D eigenvalue weighted by Gasteiger charge is 2.16. The molecule has 0 aliphatic carbocycles. The molecule has 1 aromatic carbocycles. The van der Waals surface area contributed by atoms with Crippen molar-refractivity contribution in [1.29, 1.82) is 0 Å². The van der Waals surface area contributed by atoms with Crippen molar-refractivity contribution < 1.29 is 4.79 Å². The summed E-state index contributed by atoms with van der Waals surface area (Å²) in [7, 11) is 3.52. The SMILES string of the molecule is CN(C)C(=O)c1ccc(NC2CNC2)cc1. The van der Waals surface area contributed by atoms with Gasteiger partial charge >= 0.3 is 0 Å². The average molecular weight is 219 g/mol. The van der Waals surface area contributed by atoms with Gasteiger partial charge in [0.15, 0.2) is 0 Å². The normalized spacial score (nSPS) is 15.4. The summed E-state index contributed by atoms with van der Waals surface area (Å²) in [5.74, 6) is 0.0388. The number of nitrogens with zero attached hydrogens (tertiary/aromatic N) is 1. The number of amides is 1. The molecule has 4 heteroatoms. The average Bonchev–Trinajstić information content (AvgIpc) is 2.23. The minimum Gasteiger partial charge on any atom is -0.380 e. The second-order valence-electron chi connectivity index (χ2n) is 4.28. The van der Waals surface area contributed by atoms with E-state index in [1.807, 2.05) is 24.3 Å². The van der Waals surface area contributed by atoms with Gasteiger partial charge in [-0.1, -0.05) is 0 Å². The second kappa shape index (κ2) is 4.53.